The number of anilines is 1. The van der Waals surface area contributed by atoms with Gasteiger partial charge in [-0.05, 0) is 138 Å². The van der Waals surface area contributed by atoms with E-state index in [1.165, 1.54) is 23.1 Å². The lowest BCUT2D eigenvalue weighted by molar-refractivity contribution is -0.0757. The summed E-state index contributed by atoms with van der Waals surface area (Å²) in [7, 11) is 0. The molecule has 2 fully saturated rings. The number of carbonyl (C=O) groups excluding carboxylic acids is 2. The molecule has 3 aliphatic rings. The lowest BCUT2D eigenvalue weighted by Gasteiger charge is -2.61. The van der Waals surface area contributed by atoms with Crippen molar-refractivity contribution in [2.45, 2.75) is 122 Å². The maximum absolute atomic E-state index is 14.5. The molecule has 6 rings (SSSR count). The quantitative estimate of drug-likeness (QED) is 0.266. The van der Waals surface area contributed by atoms with Crippen molar-refractivity contribution in [1.29, 1.82) is 0 Å². The van der Waals surface area contributed by atoms with Gasteiger partial charge >= 0.3 is 6.09 Å². The molecule has 2 N–H and O–H groups in total. The van der Waals surface area contributed by atoms with Gasteiger partial charge in [0.15, 0.2) is 0 Å². The summed E-state index contributed by atoms with van der Waals surface area (Å²) in [6, 6.07) is 16.8. The maximum atomic E-state index is 14.5. The van der Waals surface area contributed by atoms with Crippen LogP contribution < -0.4 is 10.0 Å². The zero-order valence-corrected chi connectivity index (χ0v) is 29.7. The third-order valence-corrected chi connectivity index (χ3v) is 10.5. The molecule has 0 radical (unpaired) electrons. The van der Waals surface area contributed by atoms with E-state index in [2.05, 4.69) is 66.9 Å². The molecule has 1 atom stereocenters. The third-order valence-electron chi connectivity index (χ3n) is 9.77. The monoisotopic (exact) mass is 655 g/mol. The minimum absolute atomic E-state index is 0.0766. The molecule has 2 saturated carbocycles. The van der Waals surface area contributed by atoms with E-state index in [-0.39, 0.29) is 35.5 Å². The van der Waals surface area contributed by atoms with Crippen LogP contribution in [0.15, 0.2) is 53.4 Å². The number of rotatable bonds is 5. The van der Waals surface area contributed by atoms with Crippen LogP contribution in [-0.4, -0.2) is 50.6 Å². The Kier molecular flexibility index (Phi) is 9.31. The minimum Gasteiger partial charge on any atom is -0.444 e. The van der Waals surface area contributed by atoms with Crippen molar-refractivity contribution in [3.63, 3.8) is 0 Å². The second kappa shape index (κ2) is 13.1. The van der Waals surface area contributed by atoms with Gasteiger partial charge in [-0.1, -0.05) is 38.1 Å². The number of benzene rings is 2. The van der Waals surface area contributed by atoms with E-state index in [0.717, 1.165) is 66.8 Å². The minimum atomic E-state index is -0.515. The average Bonchev–Trinajstić information content (AvgIpc) is 2.95. The third kappa shape index (κ3) is 7.61. The van der Waals surface area contributed by atoms with Crippen LogP contribution in [0, 0.1) is 25.2 Å². The highest BCUT2D eigenvalue weighted by molar-refractivity contribution is 8.00. The van der Waals surface area contributed by atoms with Crippen molar-refractivity contribution in [2.24, 2.45) is 11.3 Å². The van der Waals surface area contributed by atoms with Crippen molar-refractivity contribution in [3.05, 3.63) is 70.9 Å². The van der Waals surface area contributed by atoms with Gasteiger partial charge in [0.1, 0.15) is 5.60 Å². The molecule has 1 aromatic heterocycles. The van der Waals surface area contributed by atoms with Gasteiger partial charge in [-0.25, -0.2) is 14.8 Å². The number of hydrogen-bond donors (Lipinski definition) is 2. The Hall–Kier alpha value is -3.59. The smallest absolute Gasteiger partial charge is 0.407 e. The highest BCUT2D eigenvalue weighted by Crippen LogP contribution is 2.58. The summed E-state index contributed by atoms with van der Waals surface area (Å²) in [6.45, 7) is 14.4. The Balaban J connectivity index is 1.27. The lowest BCUT2D eigenvalue weighted by Crippen LogP contribution is -2.63. The van der Waals surface area contributed by atoms with Gasteiger partial charge in [0.25, 0.3) is 5.91 Å². The van der Waals surface area contributed by atoms with E-state index in [0.29, 0.717) is 17.4 Å². The van der Waals surface area contributed by atoms with E-state index in [9.17, 15) is 9.59 Å². The van der Waals surface area contributed by atoms with Crippen LogP contribution in [0.5, 0.6) is 0 Å². The second-order valence-corrected chi connectivity index (χ2v) is 16.3. The lowest BCUT2D eigenvalue weighted by atomic mass is 9.51. The number of aryl methyl sites for hydroxylation is 3. The van der Waals surface area contributed by atoms with Crippen LogP contribution >= 0.6 is 11.9 Å². The molecule has 2 heterocycles. The van der Waals surface area contributed by atoms with Gasteiger partial charge in [0.05, 0.1) is 5.69 Å². The van der Waals surface area contributed by atoms with Crippen molar-refractivity contribution in [2.75, 3.05) is 4.72 Å². The highest BCUT2D eigenvalue weighted by Gasteiger charge is 2.56. The van der Waals surface area contributed by atoms with E-state index >= 15 is 0 Å². The Morgan fingerprint density at radius 1 is 1.06 bits per heavy atom. The van der Waals surface area contributed by atoms with E-state index in [1.54, 1.807) is 0 Å². The molecule has 2 aromatic carbocycles. The topological polar surface area (TPSA) is 96.5 Å². The van der Waals surface area contributed by atoms with Gasteiger partial charge in [-0.15, -0.1) is 0 Å². The number of amides is 2. The molecule has 4 bridgehead atoms. The summed E-state index contributed by atoms with van der Waals surface area (Å²) in [5, 5.41) is 3.06. The Morgan fingerprint density at radius 3 is 2.45 bits per heavy atom. The largest absolute Gasteiger partial charge is 0.444 e. The summed E-state index contributed by atoms with van der Waals surface area (Å²) >= 11 is 1.44. The predicted octanol–water partition coefficient (Wildman–Crippen LogP) is 8.52. The summed E-state index contributed by atoms with van der Waals surface area (Å²) in [4.78, 5) is 40.0. The zero-order chi connectivity index (χ0) is 33.5. The number of fused-ring (bicyclic) bond motifs is 4. The summed E-state index contributed by atoms with van der Waals surface area (Å²) < 4.78 is 8.87. The van der Waals surface area contributed by atoms with Crippen LogP contribution in [0.3, 0.4) is 0 Å². The Morgan fingerprint density at radius 2 is 1.77 bits per heavy atom. The van der Waals surface area contributed by atoms with Crippen LogP contribution in [0.25, 0.3) is 11.3 Å². The van der Waals surface area contributed by atoms with Crippen LogP contribution in [0.2, 0.25) is 0 Å². The predicted molar refractivity (Wildman–Crippen MR) is 188 cm³/mol. The molecule has 250 valence electrons. The number of nitrogens with zero attached hydrogens (tertiary/aromatic N) is 3. The van der Waals surface area contributed by atoms with Gasteiger partial charge in [0, 0.05) is 39.8 Å². The fourth-order valence-corrected chi connectivity index (χ4v) is 8.49. The Bertz CT molecular complexity index is 1620. The number of alkyl carbamates (subject to hydrolysis) is 1. The van der Waals surface area contributed by atoms with E-state index in [1.807, 2.05) is 45.0 Å². The first kappa shape index (κ1) is 33.3. The molecule has 1 unspecified atom stereocenters. The second-order valence-electron chi connectivity index (χ2n) is 15.4. The fraction of sp³-hybridized carbons (Fsp3) is 0.526. The average molecular weight is 656 g/mol. The van der Waals surface area contributed by atoms with Crippen molar-refractivity contribution >= 4 is 29.9 Å². The summed E-state index contributed by atoms with van der Waals surface area (Å²) in [6.07, 6.45) is 5.94. The number of aromatic nitrogens is 2. The molecule has 1 spiro atoms. The first-order chi connectivity index (χ1) is 22.3. The molecule has 8 nitrogen and oxygen atoms in total. The zero-order valence-electron chi connectivity index (χ0n) is 28.9. The molecule has 1 aliphatic heterocycles. The standard InChI is InChI=1S/C38H49N5O3S/c1-23(2)16-29-15-14-27-18-32(33-24(3)10-8-11-25(33)4)41-35(39-27)42-47-31-13-9-12-26(17-31)34(44)43(29)30-21-38(22-30)19-28(20-38)40-36(45)46-37(5,6)7/h8-13,17-18,23,28-30H,14-16,19-22H2,1-7H3,(H,40,45)(H,39,41,42). The van der Waals surface area contributed by atoms with E-state index in [4.69, 9.17) is 14.7 Å². The normalized spacial score (nSPS) is 24.3. The Labute approximate surface area is 284 Å². The molecule has 47 heavy (non-hydrogen) atoms. The van der Waals surface area contributed by atoms with Crippen molar-refractivity contribution < 1.29 is 14.3 Å². The molecular formula is C38H49N5O3S. The highest BCUT2D eigenvalue weighted by atomic mass is 32.2. The molecule has 3 aromatic rings. The van der Waals surface area contributed by atoms with Gasteiger partial charge in [0.2, 0.25) is 5.95 Å². The molecule has 2 aliphatic carbocycles. The summed E-state index contributed by atoms with van der Waals surface area (Å²) in [5.41, 5.74) is 5.80. The first-order valence-electron chi connectivity index (χ1n) is 17.1. The van der Waals surface area contributed by atoms with Gasteiger partial charge < -0.3 is 15.0 Å². The molecule has 9 heteroatoms. The summed E-state index contributed by atoms with van der Waals surface area (Å²) in [5.74, 6) is 1.12. The first-order valence-corrected chi connectivity index (χ1v) is 17.9. The van der Waals surface area contributed by atoms with Crippen molar-refractivity contribution in [3.8, 4) is 11.3 Å². The number of nitrogens with one attached hydrogen (secondary N) is 2. The van der Waals surface area contributed by atoms with Gasteiger partial charge in [-0.2, -0.15) is 0 Å². The van der Waals surface area contributed by atoms with Crippen LogP contribution in [0.4, 0.5) is 10.7 Å². The van der Waals surface area contributed by atoms with Crippen LogP contribution in [-0.2, 0) is 11.2 Å². The number of hydrogen-bond acceptors (Lipinski definition) is 7. The van der Waals surface area contributed by atoms with Crippen LogP contribution in [0.1, 0.15) is 100 Å². The fourth-order valence-electron chi connectivity index (χ4n) is 7.85. The molecule has 2 amide bonds. The van der Waals surface area contributed by atoms with Gasteiger partial charge in [-0.3, -0.25) is 9.52 Å². The maximum Gasteiger partial charge on any atom is 0.407 e. The SMILES string of the molecule is Cc1cccc(C)c1-c1cc2nc(n1)NSc1cccc(c1)C(=O)N(C1CC3(CC(NC(=O)OC(C)(C)C)C3)C1)C(CC(C)C)CC2. The molecule has 0 saturated heterocycles. The number of ether oxygens (including phenoxy) is 1. The van der Waals surface area contributed by atoms with E-state index < -0.39 is 5.60 Å². The molecular weight excluding hydrogens is 607 g/mol. The van der Waals surface area contributed by atoms with Crippen molar-refractivity contribution in [1.82, 2.24) is 20.2 Å². The number of carbonyl (C=O) groups is 2.